The molecule has 2 aliphatic heterocycles. The monoisotopic (exact) mass is 475 g/mol. The summed E-state index contributed by atoms with van der Waals surface area (Å²) in [6, 6.07) is 7.26. The highest BCUT2D eigenvalue weighted by Crippen LogP contribution is 2.49. The van der Waals surface area contributed by atoms with Gasteiger partial charge in [0.15, 0.2) is 0 Å². The molecule has 4 rings (SSSR count). The second-order valence-corrected chi connectivity index (χ2v) is 11.7. The predicted octanol–water partition coefficient (Wildman–Crippen LogP) is 6.10. The van der Waals surface area contributed by atoms with Crippen LogP contribution in [0.3, 0.4) is 0 Å². The van der Waals surface area contributed by atoms with Crippen LogP contribution in [0, 0.1) is 10.8 Å². The van der Waals surface area contributed by atoms with Crippen LogP contribution < -0.4 is 9.80 Å². The first kappa shape index (κ1) is 26.4. The van der Waals surface area contributed by atoms with E-state index in [-0.39, 0.29) is 17.8 Å². The van der Waals surface area contributed by atoms with Crippen LogP contribution in [0.25, 0.3) is 5.57 Å². The molecule has 2 fully saturated rings. The first-order valence-corrected chi connectivity index (χ1v) is 12.9. The minimum absolute atomic E-state index is 0. The van der Waals surface area contributed by atoms with Crippen molar-refractivity contribution in [2.24, 2.45) is 10.8 Å². The lowest BCUT2D eigenvalue weighted by Crippen LogP contribution is -2.47. The Labute approximate surface area is 208 Å². The molecule has 3 aliphatic rings. The average molecular weight is 476 g/mol. The molecule has 0 radical (unpaired) electrons. The molecule has 0 aromatic heterocycles. The summed E-state index contributed by atoms with van der Waals surface area (Å²) >= 11 is 0. The highest BCUT2D eigenvalue weighted by Gasteiger charge is 2.35. The fraction of sp³-hybridized carbons (Fsp3) is 0.714. The van der Waals surface area contributed by atoms with Gasteiger partial charge in [0.2, 0.25) is 0 Å². The lowest BCUT2D eigenvalue weighted by atomic mass is 9.65. The van der Waals surface area contributed by atoms with Crippen molar-refractivity contribution >= 4 is 29.4 Å². The van der Waals surface area contributed by atoms with Gasteiger partial charge in [-0.25, -0.2) is 0 Å². The Kier molecular flexibility index (Phi) is 8.80. The van der Waals surface area contributed by atoms with E-state index in [1.54, 1.807) is 5.57 Å². The lowest BCUT2D eigenvalue weighted by Gasteiger charge is -2.42. The van der Waals surface area contributed by atoms with Crippen molar-refractivity contribution < 1.29 is 4.74 Å². The number of piperazine rings is 1. The van der Waals surface area contributed by atoms with Crippen molar-refractivity contribution in [1.29, 1.82) is 0 Å². The van der Waals surface area contributed by atoms with Gasteiger partial charge in [-0.05, 0) is 60.4 Å². The maximum Gasteiger partial charge on any atom is 0.0642 e. The molecule has 0 bridgehead atoms. The van der Waals surface area contributed by atoms with Gasteiger partial charge < -0.3 is 14.5 Å². The van der Waals surface area contributed by atoms with Crippen molar-refractivity contribution in [3.63, 3.8) is 0 Å². The Morgan fingerprint density at radius 1 is 0.909 bits per heavy atom. The van der Waals surface area contributed by atoms with Crippen molar-refractivity contribution in [3.05, 3.63) is 29.8 Å². The second-order valence-electron chi connectivity index (χ2n) is 11.7. The Morgan fingerprint density at radius 2 is 1.61 bits per heavy atom. The third-order valence-corrected chi connectivity index (χ3v) is 7.41. The maximum atomic E-state index is 5.61. The van der Waals surface area contributed by atoms with Gasteiger partial charge >= 0.3 is 0 Å². The van der Waals surface area contributed by atoms with Crippen LogP contribution in [0.4, 0.5) is 11.4 Å². The number of ether oxygens (including phenoxy) is 1. The molecule has 0 saturated carbocycles. The van der Waals surface area contributed by atoms with Gasteiger partial charge in [-0.3, -0.25) is 4.90 Å². The highest BCUT2D eigenvalue weighted by molar-refractivity contribution is 5.85. The molecule has 0 atom stereocenters. The average Bonchev–Trinajstić information content (AvgIpc) is 2.76. The fourth-order valence-corrected chi connectivity index (χ4v) is 6.23. The Balaban J connectivity index is 0.00000306. The van der Waals surface area contributed by atoms with Gasteiger partial charge in [0.25, 0.3) is 0 Å². The molecule has 4 nitrogen and oxygen atoms in total. The van der Waals surface area contributed by atoms with Crippen LogP contribution in [0.2, 0.25) is 0 Å². The molecule has 1 aliphatic carbocycles. The van der Waals surface area contributed by atoms with E-state index in [2.05, 4.69) is 73.6 Å². The van der Waals surface area contributed by atoms with E-state index in [1.165, 1.54) is 55.8 Å². The van der Waals surface area contributed by atoms with Crippen molar-refractivity contribution in [2.75, 3.05) is 68.8 Å². The van der Waals surface area contributed by atoms with E-state index in [4.69, 9.17) is 4.74 Å². The predicted molar refractivity (Wildman–Crippen MR) is 145 cm³/mol. The number of morpholine rings is 1. The Morgan fingerprint density at radius 3 is 2.24 bits per heavy atom. The smallest absolute Gasteiger partial charge is 0.0642 e. The molecule has 5 heteroatoms. The molecule has 33 heavy (non-hydrogen) atoms. The number of allylic oxidation sites excluding steroid dienone is 2. The van der Waals surface area contributed by atoms with Gasteiger partial charge in [0.1, 0.15) is 0 Å². The number of rotatable bonds is 6. The topological polar surface area (TPSA) is 19.0 Å². The molecule has 2 heterocycles. The normalized spacial score (nSPS) is 23.1. The molecule has 186 valence electrons. The number of halogens is 1. The SMILES string of the molecule is CCCCN1CCN(c2ccc(N3CCOCC3)cc2C2=CC(C)(C)CC(C)(C)C2)CC1.Cl. The minimum atomic E-state index is 0. The van der Waals surface area contributed by atoms with Crippen molar-refractivity contribution in [2.45, 2.75) is 60.3 Å². The number of hydrogen-bond donors (Lipinski definition) is 0. The first-order chi connectivity index (χ1) is 15.3. The van der Waals surface area contributed by atoms with Gasteiger partial charge in [-0.15, -0.1) is 12.4 Å². The van der Waals surface area contributed by atoms with Crippen LogP contribution in [-0.4, -0.2) is 63.9 Å². The summed E-state index contributed by atoms with van der Waals surface area (Å²) in [4.78, 5) is 7.79. The number of hydrogen-bond acceptors (Lipinski definition) is 4. The first-order valence-electron chi connectivity index (χ1n) is 12.9. The zero-order valence-electron chi connectivity index (χ0n) is 21.7. The molecule has 0 amide bonds. The Bertz CT molecular complexity index is 805. The second kappa shape index (κ2) is 11.0. The van der Waals surface area contributed by atoms with E-state index in [1.807, 2.05) is 0 Å². The summed E-state index contributed by atoms with van der Waals surface area (Å²) in [6.07, 6.45) is 7.59. The van der Waals surface area contributed by atoms with Gasteiger partial charge in [0, 0.05) is 56.2 Å². The third kappa shape index (κ3) is 6.68. The summed E-state index contributed by atoms with van der Waals surface area (Å²) in [5.41, 5.74) is 6.38. The number of anilines is 2. The highest BCUT2D eigenvalue weighted by atomic mass is 35.5. The largest absolute Gasteiger partial charge is 0.378 e. The number of unbranched alkanes of at least 4 members (excludes halogenated alkanes) is 1. The van der Waals surface area contributed by atoms with Crippen LogP contribution >= 0.6 is 12.4 Å². The van der Waals surface area contributed by atoms with E-state index in [0.29, 0.717) is 5.41 Å². The van der Waals surface area contributed by atoms with E-state index < -0.39 is 0 Å². The fourth-order valence-electron chi connectivity index (χ4n) is 6.23. The molecule has 1 aromatic carbocycles. The zero-order valence-corrected chi connectivity index (χ0v) is 22.5. The minimum Gasteiger partial charge on any atom is -0.378 e. The molecule has 0 unspecified atom stereocenters. The number of nitrogens with zero attached hydrogens (tertiary/aromatic N) is 3. The summed E-state index contributed by atoms with van der Waals surface area (Å²) < 4.78 is 5.61. The van der Waals surface area contributed by atoms with Crippen LogP contribution in [0.1, 0.15) is 65.9 Å². The van der Waals surface area contributed by atoms with E-state index >= 15 is 0 Å². The summed E-state index contributed by atoms with van der Waals surface area (Å²) in [5.74, 6) is 0. The third-order valence-electron chi connectivity index (χ3n) is 7.41. The summed E-state index contributed by atoms with van der Waals surface area (Å²) in [7, 11) is 0. The molecule has 2 saturated heterocycles. The summed E-state index contributed by atoms with van der Waals surface area (Å²) in [6.45, 7) is 21.5. The molecular formula is C28H46ClN3O. The summed E-state index contributed by atoms with van der Waals surface area (Å²) in [5, 5.41) is 0. The molecule has 0 spiro atoms. The lowest BCUT2D eigenvalue weighted by molar-refractivity contribution is 0.122. The van der Waals surface area contributed by atoms with Crippen LogP contribution in [-0.2, 0) is 4.74 Å². The molecule has 1 aromatic rings. The standard InChI is InChI=1S/C28H45N3O.ClH/c1-6-7-10-29-11-13-31(14-12-29)26-9-8-24(30-15-17-32-18-16-30)19-25(26)23-20-27(2,3)22-28(4,5)21-23;/h8-9,19-20H,6-7,10-18,21-22H2,1-5H3;1H. The quantitative estimate of drug-likeness (QED) is 0.495. The Hall–Kier alpha value is -1.23. The van der Waals surface area contributed by atoms with Crippen LogP contribution in [0.15, 0.2) is 24.3 Å². The molecular weight excluding hydrogens is 430 g/mol. The van der Waals surface area contributed by atoms with Gasteiger partial charge in [-0.2, -0.15) is 0 Å². The number of benzene rings is 1. The van der Waals surface area contributed by atoms with E-state index in [0.717, 1.165) is 45.8 Å². The maximum absolute atomic E-state index is 5.61. The molecule has 0 N–H and O–H groups in total. The zero-order chi connectivity index (χ0) is 22.8. The van der Waals surface area contributed by atoms with Crippen molar-refractivity contribution in [1.82, 2.24) is 4.90 Å². The van der Waals surface area contributed by atoms with Crippen molar-refractivity contribution in [3.8, 4) is 0 Å². The van der Waals surface area contributed by atoms with Crippen LogP contribution in [0.5, 0.6) is 0 Å². The van der Waals surface area contributed by atoms with E-state index in [9.17, 15) is 0 Å². The van der Waals surface area contributed by atoms with Gasteiger partial charge in [0.05, 0.1) is 13.2 Å². The van der Waals surface area contributed by atoms with Gasteiger partial charge in [-0.1, -0.05) is 47.1 Å².